The van der Waals surface area contributed by atoms with Crippen molar-refractivity contribution in [3.8, 4) is 0 Å². The average Bonchev–Trinajstić information content (AvgIpc) is 2.51. The Morgan fingerprint density at radius 1 is 1.00 bits per heavy atom. The van der Waals surface area contributed by atoms with E-state index < -0.39 is 17.7 Å². The van der Waals surface area contributed by atoms with Crippen molar-refractivity contribution in [3.05, 3.63) is 77.0 Å². The van der Waals surface area contributed by atoms with Crippen molar-refractivity contribution in [1.29, 1.82) is 0 Å². The molecule has 1 unspecified atom stereocenters. The summed E-state index contributed by atoms with van der Waals surface area (Å²) in [5.41, 5.74) is 0.809. The maximum Gasteiger partial charge on any atom is 0.135 e. The molecule has 1 N–H and O–H groups in total. The third kappa shape index (κ3) is 2.38. The predicted molar refractivity (Wildman–Crippen MR) is 76.9 cm³/mol. The summed E-state index contributed by atoms with van der Waals surface area (Å²) in [5.74, 6) is -1.52. The first-order chi connectivity index (χ1) is 10.1. The second-order valence-corrected chi connectivity index (χ2v) is 4.92. The van der Waals surface area contributed by atoms with Crippen LogP contribution in [0, 0.1) is 18.6 Å². The first-order valence-corrected chi connectivity index (χ1v) is 6.56. The predicted octanol–water partition coefficient (Wildman–Crippen LogP) is 3.90. The van der Waals surface area contributed by atoms with Gasteiger partial charge in [0, 0.05) is 5.39 Å². The first kappa shape index (κ1) is 13.6. The van der Waals surface area contributed by atoms with Crippen LogP contribution in [-0.4, -0.2) is 10.1 Å². The van der Waals surface area contributed by atoms with E-state index in [2.05, 4.69) is 4.98 Å². The Morgan fingerprint density at radius 2 is 1.76 bits per heavy atom. The number of para-hydroxylation sites is 1. The minimum absolute atomic E-state index is 0.220. The highest BCUT2D eigenvalue weighted by atomic mass is 19.1. The second kappa shape index (κ2) is 5.22. The van der Waals surface area contributed by atoms with Crippen LogP contribution in [0.15, 0.2) is 48.5 Å². The molecule has 0 fully saturated rings. The van der Waals surface area contributed by atoms with Gasteiger partial charge in [0.25, 0.3) is 0 Å². The summed E-state index contributed by atoms with van der Waals surface area (Å²) in [5, 5.41) is 11.2. The molecule has 1 aromatic heterocycles. The van der Waals surface area contributed by atoms with Crippen molar-refractivity contribution in [2.45, 2.75) is 13.0 Å². The Bertz CT molecular complexity index is 817. The van der Waals surface area contributed by atoms with E-state index >= 15 is 0 Å². The molecule has 0 aliphatic heterocycles. The fourth-order valence-corrected chi connectivity index (χ4v) is 2.31. The zero-order chi connectivity index (χ0) is 15.0. The molecule has 3 aromatic rings. The van der Waals surface area contributed by atoms with E-state index in [1.165, 1.54) is 13.0 Å². The van der Waals surface area contributed by atoms with Crippen LogP contribution in [0.4, 0.5) is 8.78 Å². The molecule has 21 heavy (non-hydrogen) atoms. The number of aliphatic hydroxyl groups is 1. The molecule has 0 spiro atoms. The van der Waals surface area contributed by atoms with E-state index in [0.717, 1.165) is 11.5 Å². The number of aliphatic hydroxyl groups excluding tert-OH is 1. The van der Waals surface area contributed by atoms with E-state index in [9.17, 15) is 13.9 Å². The fraction of sp³-hybridized carbons (Fsp3) is 0.118. The molecule has 0 saturated heterocycles. The van der Waals surface area contributed by atoms with Crippen molar-refractivity contribution in [2.24, 2.45) is 0 Å². The quantitative estimate of drug-likeness (QED) is 0.774. The third-order valence-electron chi connectivity index (χ3n) is 3.49. The van der Waals surface area contributed by atoms with Crippen LogP contribution in [0.2, 0.25) is 0 Å². The molecule has 2 aromatic carbocycles. The minimum Gasteiger partial charge on any atom is -0.382 e. The summed E-state index contributed by atoms with van der Waals surface area (Å²) in [6.07, 6.45) is -1.44. The van der Waals surface area contributed by atoms with Gasteiger partial charge in [-0.3, -0.25) is 0 Å². The molecule has 3 rings (SSSR count). The second-order valence-electron chi connectivity index (χ2n) is 4.92. The van der Waals surface area contributed by atoms with Gasteiger partial charge in [-0.2, -0.15) is 0 Å². The summed E-state index contributed by atoms with van der Waals surface area (Å²) >= 11 is 0. The van der Waals surface area contributed by atoms with Gasteiger partial charge in [-0.1, -0.05) is 30.3 Å². The van der Waals surface area contributed by atoms with Crippen molar-refractivity contribution in [3.63, 3.8) is 0 Å². The van der Waals surface area contributed by atoms with Crippen molar-refractivity contribution < 1.29 is 13.9 Å². The van der Waals surface area contributed by atoms with Crippen LogP contribution in [0.5, 0.6) is 0 Å². The Labute approximate surface area is 120 Å². The van der Waals surface area contributed by atoms with Gasteiger partial charge < -0.3 is 5.11 Å². The molecule has 4 heteroatoms. The Hall–Kier alpha value is -2.33. The highest BCUT2D eigenvalue weighted by molar-refractivity contribution is 5.78. The van der Waals surface area contributed by atoms with Gasteiger partial charge in [-0.25, -0.2) is 13.8 Å². The third-order valence-corrected chi connectivity index (χ3v) is 3.49. The molecular formula is C17H13F2NO. The van der Waals surface area contributed by atoms with Crippen LogP contribution in [-0.2, 0) is 0 Å². The molecule has 1 atom stereocenters. The summed E-state index contributed by atoms with van der Waals surface area (Å²) in [7, 11) is 0. The van der Waals surface area contributed by atoms with Crippen LogP contribution in [0.3, 0.4) is 0 Å². The number of aromatic nitrogens is 1. The SMILES string of the molecule is Cc1ccc(F)c(C(O)c2ccc3ccccc3n2)c1F. The molecule has 0 amide bonds. The molecule has 2 nitrogen and oxygen atoms in total. The Morgan fingerprint density at radius 3 is 2.57 bits per heavy atom. The number of aryl methyl sites for hydroxylation is 1. The highest BCUT2D eigenvalue weighted by Crippen LogP contribution is 2.28. The molecule has 106 valence electrons. The van der Waals surface area contributed by atoms with E-state index in [0.29, 0.717) is 5.52 Å². The lowest BCUT2D eigenvalue weighted by Crippen LogP contribution is -2.08. The molecule has 0 bridgehead atoms. The van der Waals surface area contributed by atoms with E-state index in [4.69, 9.17) is 0 Å². The lowest BCUT2D eigenvalue weighted by Gasteiger charge is -2.14. The zero-order valence-electron chi connectivity index (χ0n) is 11.3. The summed E-state index contributed by atoms with van der Waals surface area (Å²) in [6.45, 7) is 1.53. The van der Waals surface area contributed by atoms with Crippen molar-refractivity contribution >= 4 is 10.9 Å². The Kier molecular flexibility index (Phi) is 3.39. The molecule has 0 radical (unpaired) electrons. The molecule has 0 aliphatic rings. The molecule has 0 saturated carbocycles. The normalized spacial score (nSPS) is 12.6. The van der Waals surface area contributed by atoms with Crippen molar-refractivity contribution in [2.75, 3.05) is 0 Å². The molecule has 0 aliphatic carbocycles. The standard InChI is InChI=1S/C17H13F2NO/c1-10-6-8-12(18)15(16(10)19)17(21)14-9-7-11-4-2-3-5-13(11)20-14/h2-9,17,21H,1H3. The van der Waals surface area contributed by atoms with Gasteiger partial charge in [0.15, 0.2) is 0 Å². The highest BCUT2D eigenvalue weighted by Gasteiger charge is 2.22. The average molecular weight is 285 g/mol. The molecule has 1 heterocycles. The summed E-state index contributed by atoms with van der Waals surface area (Å²) in [4.78, 5) is 4.28. The number of hydrogen-bond acceptors (Lipinski definition) is 2. The molecular weight excluding hydrogens is 272 g/mol. The van der Waals surface area contributed by atoms with E-state index in [1.807, 2.05) is 18.2 Å². The van der Waals surface area contributed by atoms with E-state index in [1.54, 1.807) is 18.2 Å². The fourth-order valence-electron chi connectivity index (χ4n) is 2.31. The van der Waals surface area contributed by atoms with Crippen LogP contribution < -0.4 is 0 Å². The van der Waals surface area contributed by atoms with Crippen LogP contribution >= 0.6 is 0 Å². The maximum absolute atomic E-state index is 14.1. The topological polar surface area (TPSA) is 33.1 Å². The number of fused-ring (bicyclic) bond motifs is 1. The van der Waals surface area contributed by atoms with Gasteiger partial charge in [-0.15, -0.1) is 0 Å². The Balaban J connectivity index is 2.12. The van der Waals surface area contributed by atoms with Gasteiger partial charge in [-0.05, 0) is 30.7 Å². The number of benzene rings is 2. The van der Waals surface area contributed by atoms with Gasteiger partial charge in [0.05, 0.1) is 16.8 Å². The number of hydrogen-bond donors (Lipinski definition) is 1. The summed E-state index contributed by atoms with van der Waals surface area (Å²) in [6, 6.07) is 13.2. The lowest BCUT2D eigenvalue weighted by molar-refractivity contribution is 0.204. The van der Waals surface area contributed by atoms with E-state index in [-0.39, 0.29) is 16.8 Å². The first-order valence-electron chi connectivity index (χ1n) is 6.56. The van der Waals surface area contributed by atoms with Crippen LogP contribution in [0.25, 0.3) is 10.9 Å². The summed E-state index contributed by atoms with van der Waals surface area (Å²) < 4.78 is 27.9. The number of pyridine rings is 1. The minimum atomic E-state index is -1.44. The smallest absolute Gasteiger partial charge is 0.135 e. The van der Waals surface area contributed by atoms with Gasteiger partial charge in [0.1, 0.15) is 17.7 Å². The maximum atomic E-state index is 14.1. The monoisotopic (exact) mass is 285 g/mol. The number of halogens is 2. The largest absolute Gasteiger partial charge is 0.382 e. The number of nitrogens with zero attached hydrogens (tertiary/aromatic N) is 1. The number of rotatable bonds is 2. The van der Waals surface area contributed by atoms with Crippen LogP contribution in [0.1, 0.15) is 22.9 Å². The van der Waals surface area contributed by atoms with Gasteiger partial charge >= 0.3 is 0 Å². The lowest BCUT2D eigenvalue weighted by atomic mass is 10.0. The zero-order valence-corrected chi connectivity index (χ0v) is 11.3. The van der Waals surface area contributed by atoms with Gasteiger partial charge in [0.2, 0.25) is 0 Å². The van der Waals surface area contributed by atoms with Crippen molar-refractivity contribution in [1.82, 2.24) is 4.98 Å².